The fourth-order valence-electron chi connectivity index (χ4n) is 2.98. The first-order valence-corrected chi connectivity index (χ1v) is 10.7. The van der Waals surface area contributed by atoms with E-state index in [1.165, 1.54) is 6.42 Å². The van der Waals surface area contributed by atoms with E-state index < -0.39 is 10.0 Å². The molecule has 6 nitrogen and oxygen atoms in total. The monoisotopic (exact) mass is 368 g/mol. The van der Waals surface area contributed by atoms with Crippen molar-refractivity contribution in [3.63, 3.8) is 0 Å². The summed E-state index contributed by atoms with van der Waals surface area (Å²) in [6.07, 6.45) is 7.37. The summed E-state index contributed by atoms with van der Waals surface area (Å²) in [5.74, 6) is 0.425. The molecule has 1 aliphatic carbocycles. The van der Waals surface area contributed by atoms with Gasteiger partial charge in [-0.15, -0.1) is 0 Å². The average molecular weight is 368 g/mol. The number of amides is 1. The fourth-order valence-corrected chi connectivity index (χ4v) is 3.84. The fraction of sp³-hybridized carbons (Fsp3) is 0.611. The van der Waals surface area contributed by atoms with Gasteiger partial charge in [-0.05, 0) is 43.5 Å². The first-order valence-electron chi connectivity index (χ1n) is 8.90. The van der Waals surface area contributed by atoms with Crippen LogP contribution in [0.2, 0.25) is 0 Å². The van der Waals surface area contributed by atoms with Crippen molar-refractivity contribution in [1.82, 2.24) is 5.32 Å². The van der Waals surface area contributed by atoms with E-state index in [-0.39, 0.29) is 18.5 Å². The average Bonchev–Trinajstić information content (AvgIpc) is 2.58. The Bertz CT molecular complexity index is 652. The SMILES string of the molecule is CCCOc1ccc(N(CC(=O)NC2CCCCC2)S(C)(=O)=O)cc1. The summed E-state index contributed by atoms with van der Waals surface area (Å²) < 4.78 is 30.9. The zero-order valence-electron chi connectivity index (χ0n) is 15.0. The van der Waals surface area contributed by atoms with Crippen LogP contribution >= 0.6 is 0 Å². The van der Waals surface area contributed by atoms with Gasteiger partial charge in [0.05, 0.1) is 18.6 Å². The number of nitrogens with zero attached hydrogens (tertiary/aromatic N) is 1. The van der Waals surface area contributed by atoms with Gasteiger partial charge in [-0.3, -0.25) is 9.10 Å². The molecular formula is C18H28N2O4S. The van der Waals surface area contributed by atoms with Crippen LogP contribution in [0.5, 0.6) is 5.75 Å². The molecule has 0 radical (unpaired) electrons. The molecule has 0 saturated heterocycles. The van der Waals surface area contributed by atoms with Crippen LogP contribution in [-0.4, -0.2) is 39.8 Å². The van der Waals surface area contributed by atoms with Gasteiger partial charge in [0, 0.05) is 6.04 Å². The number of benzene rings is 1. The maximum atomic E-state index is 12.3. The van der Waals surface area contributed by atoms with E-state index in [0.717, 1.165) is 42.7 Å². The van der Waals surface area contributed by atoms with Crippen molar-refractivity contribution in [2.45, 2.75) is 51.5 Å². The second kappa shape index (κ2) is 9.08. The summed E-state index contributed by atoms with van der Waals surface area (Å²) in [6.45, 7) is 2.42. The first kappa shape index (κ1) is 19.6. The second-order valence-corrected chi connectivity index (χ2v) is 8.42. The van der Waals surface area contributed by atoms with Gasteiger partial charge in [0.15, 0.2) is 0 Å². The van der Waals surface area contributed by atoms with Crippen LogP contribution in [0.3, 0.4) is 0 Å². The number of nitrogens with one attached hydrogen (secondary N) is 1. The second-order valence-electron chi connectivity index (χ2n) is 6.51. The summed E-state index contributed by atoms with van der Waals surface area (Å²) in [7, 11) is -3.55. The maximum Gasteiger partial charge on any atom is 0.240 e. The largest absolute Gasteiger partial charge is 0.494 e. The Morgan fingerprint density at radius 3 is 2.40 bits per heavy atom. The molecule has 1 N–H and O–H groups in total. The quantitative estimate of drug-likeness (QED) is 0.765. The van der Waals surface area contributed by atoms with Crippen molar-refractivity contribution in [3.05, 3.63) is 24.3 Å². The summed E-state index contributed by atoms with van der Waals surface area (Å²) in [5.41, 5.74) is 0.463. The van der Waals surface area contributed by atoms with E-state index in [2.05, 4.69) is 5.32 Å². The highest BCUT2D eigenvalue weighted by Crippen LogP contribution is 2.22. The first-order chi connectivity index (χ1) is 11.9. The van der Waals surface area contributed by atoms with Crippen LogP contribution in [0.1, 0.15) is 45.4 Å². The Labute approximate surface area is 150 Å². The third kappa shape index (κ3) is 6.23. The van der Waals surface area contributed by atoms with Crippen LogP contribution < -0.4 is 14.4 Å². The lowest BCUT2D eigenvalue weighted by Crippen LogP contribution is -2.44. The molecule has 0 spiro atoms. The molecule has 1 aliphatic rings. The van der Waals surface area contributed by atoms with Gasteiger partial charge in [-0.1, -0.05) is 26.2 Å². The molecular weight excluding hydrogens is 340 g/mol. The van der Waals surface area contributed by atoms with Gasteiger partial charge >= 0.3 is 0 Å². The van der Waals surface area contributed by atoms with Crippen molar-refractivity contribution in [3.8, 4) is 5.75 Å². The summed E-state index contributed by atoms with van der Waals surface area (Å²) in [5, 5.41) is 2.96. The number of rotatable bonds is 8. The van der Waals surface area contributed by atoms with Gasteiger partial charge in [0.25, 0.3) is 0 Å². The predicted molar refractivity (Wildman–Crippen MR) is 99.4 cm³/mol. The molecule has 1 aromatic rings. The molecule has 25 heavy (non-hydrogen) atoms. The van der Waals surface area contributed by atoms with Crippen LogP contribution in [0, 0.1) is 0 Å². The van der Waals surface area contributed by atoms with Crippen molar-refractivity contribution in [1.29, 1.82) is 0 Å². The molecule has 0 bridgehead atoms. The van der Waals surface area contributed by atoms with Crippen molar-refractivity contribution in [2.75, 3.05) is 23.7 Å². The number of carbonyl (C=O) groups is 1. The number of hydrogen-bond acceptors (Lipinski definition) is 4. The third-order valence-corrected chi connectivity index (χ3v) is 5.40. The van der Waals surface area contributed by atoms with E-state index in [4.69, 9.17) is 4.74 Å². The molecule has 1 amide bonds. The zero-order valence-corrected chi connectivity index (χ0v) is 15.8. The highest BCUT2D eigenvalue weighted by Gasteiger charge is 2.23. The van der Waals surface area contributed by atoms with E-state index >= 15 is 0 Å². The van der Waals surface area contributed by atoms with Crippen LogP contribution in [0.25, 0.3) is 0 Å². The highest BCUT2D eigenvalue weighted by atomic mass is 32.2. The van der Waals surface area contributed by atoms with E-state index in [0.29, 0.717) is 18.0 Å². The Morgan fingerprint density at radius 2 is 1.84 bits per heavy atom. The molecule has 1 aromatic carbocycles. The Balaban J connectivity index is 2.04. The smallest absolute Gasteiger partial charge is 0.240 e. The van der Waals surface area contributed by atoms with Gasteiger partial charge in [0.1, 0.15) is 12.3 Å². The maximum absolute atomic E-state index is 12.3. The minimum Gasteiger partial charge on any atom is -0.494 e. The summed E-state index contributed by atoms with van der Waals surface area (Å²) in [4.78, 5) is 12.3. The molecule has 0 aromatic heterocycles. The van der Waals surface area contributed by atoms with Crippen LogP contribution in [0.4, 0.5) is 5.69 Å². The normalized spacial score (nSPS) is 15.6. The third-order valence-electron chi connectivity index (χ3n) is 4.26. The predicted octanol–water partition coefficient (Wildman–Crippen LogP) is 2.69. The Hall–Kier alpha value is -1.76. The lowest BCUT2D eigenvalue weighted by Gasteiger charge is -2.26. The van der Waals surface area contributed by atoms with Gasteiger partial charge in [-0.2, -0.15) is 0 Å². The van der Waals surface area contributed by atoms with E-state index in [1.807, 2.05) is 6.92 Å². The topological polar surface area (TPSA) is 75.7 Å². The molecule has 1 saturated carbocycles. The molecule has 0 unspecified atom stereocenters. The lowest BCUT2D eigenvalue weighted by atomic mass is 9.95. The van der Waals surface area contributed by atoms with Gasteiger partial charge in [0.2, 0.25) is 15.9 Å². The number of sulfonamides is 1. The van der Waals surface area contributed by atoms with Gasteiger partial charge in [-0.25, -0.2) is 8.42 Å². The lowest BCUT2D eigenvalue weighted by molar-refractivity contribution is -0.120. The number of anilines is 1. The van der Waals surface area contributed by atoms with Crippen LogP contribution in [0.15, 0.2) is 24.3 Å². The van der Waals surface area contributed by atoms with Crippen molar-refractivity contribution >= 4 is 21.6 Å². The molecule has 0 atom stereocenters. The minimum absolute atomic E-state index is 0.160. The standard InChI is InChI=1S/C18H28N2O4S/c1-3-13-24-17-11-9-16(10-12-17)20(25(2,22)23)14-18(21)19-15-7-5-4-6-8-15/h9-12,15H,3-8,13-14H2,1-2H3,(H,19,21). The molecule has 0 heterocycles. The minimum atomic E-state index is -3.55. The number of carbonyl (C=O) groups excluding carboxylic acids is 1. The van der Waals surface area contributed by atoms with E-state index in [9.17, 15) is 13.2 Å². The highest BCUT2D eigenvalue weighted by molar-refractivity contribution is 7.92. The summed E-state index contributed by atoms with van der Waals surface area (Å²) >= 11 is 0. The Morgan fingerprint density at radius 1 is 1.20 bits per heavy atom. The molecule has 0 aliphatic heterocycles. The zero-order chi connectivity index (χ0) is 18.3. The van der Waals surface area contributed by atoms with Gasteiger partial charge < -0.3 is 10.1 Å². The molecule has 140 valence electrons. The molecule has 2 rings (SSSR count). The van der Waals surface area contributed by atoms with Crippen molar-refractivity contribution < 1.29 is 17.9 Å². The Kier molecular flexibility index (Phi) is 7.11. The number of ether oxygens (including phenoxy) is 1. The van der Waals surface area contributed by atoms with Crippen molar-refractivity contribution in [2.24, 2.45) is 0 Å². The molecule has 7 heteroatoms. The van der Waals surface area contributed by atoms with Crippen LogP contribution in [-0.2, 0) is 14.8 Å². The summed E-state index contributed by atoms with van der Waals surface area (Å²) in [6, 6.07) is 6.94. The number of hydrogen-bond donors (Lipinski definition) is 1. The molecule has 1 fully saturated rings. The van der Waals surface area contributed by atoms with E-state index in [1.54, 1.807) is 24.3 Å².